The molecule has 1 amide bonds. The van der Waals surface area contributed by atoms with Crippen molar-refractivity contribution >= 4 is 28.9 Å². The summed E-state index contributed by atoms with van der Waals surface area (Å²) in [4.78, 5) is 24.0. The normalized spacial score (nSPS) is 14.8. The Morgan fingerprint density at radius 1 is 0.957 bits per heavy atom. The van der Waals surface area contributed by atoms with E-state index in [9.17, 15) is 9.59 Å². The molecule has 0 atom stereocenters. The number of rotatable bonds is 3. The molecule has 1 heterocycles. The van der Waals surface area contributed by atoms with E-state index in [4.69, 9.17) is 9.47 Å². The zero-order valence-electron chi connectivity index (χ0n) is 12.8. The lowest BCUT2D eigenvalue weighted by atomic mass is 10.0. The topological polar surface area (TPSA) is 64.6 Å². The maximum atomic E-state index is 12.4. The van der Waals surface area contributed by atoms with Crippen molar-refractivity contribution in [3.63, 3.8) is 0 Å². The lowest BCUT2D eigenvalue weighted by Gasteiger charge is -2.10. The molecule has 5 nitrogen and oxygen atoms in total. The Bertz CT molecular complexity index is 809. The van der Waals surface area contributed by atoms with E-state index in [-0.39, 0.29) is 5.91 Å². The largest absolute Gasteiger partial charge is 0.495 e. The second kappa shape index (κ2) is 5.96. The highest BCUT2D eigenvalue weighted by atomic mass is 16.5. The summed E-state index contributed by atoms with van der Waals surface area (Å²) >= 11 is 0. The average Bonchev–Trinajstić information content (AvgIpc) is 2.91. The summed E-state index contributed by atoms with van der Waals surface area (Å²) < 4.78 is 10.2. The van der Waals surface area contributed by atoms with Crippen LogP contribution in [0.15, 0.2) is 48.5 Å². The molecule has 0 aromatic heterocycles. The third-order valence-corrected chi connectivity index (χ3v) is 3.65. The van der Waals surface area contributed by atoms with Gasteiger partial charge >= 0.3 is 5.97 Å². The summed E-state index contributed by atoms with van der Waals surface area (Å²) in [6.45, 7) is 0. The van der Waals surface area contributed by atoms with Crippen molar-refractivity contribution in [2.24, 2.45) is 0 Å². The van der Waals surface area contributed by atoms with E-state index in [0.29, 0.717) is 28.1 Å². The van der Waals surface area contributed by atoms with Crippen molar-refractivity contribution < 1.29 is 19.1 Å². The van der Waals surface area contributed by atoms with Crippen LogP contribution in [-0.4, -0.2) is 26.1 Å². The van der Waals surface area contributed by atoms with Gasteiger partial charge in [-0.1, -0.05) is 36.4 Å². The molecular formula is C18H15NO4. The number of esters is 1. The van der Waals surface area contributed by atoms with Crippen molar-refractivity contribution in [1.29, 1.82) is 0 Å². The number of carbonyl (C=O) groups is 2. The number of anilines is 1. The monoisotopic (exact) mass is 309 g/mol. The first kappa shape index (κ1) is 14.8. The zero-order valence-corrected chi connectivity index (χ0v) is 12.8. The molecule has 1 N–H and O–H groups in total. The third-order valence-electron chi connectivity index (χ3n) is 3.65. The maximum Gasteiger partial charge on any atom is 0.337 e. The minimum atomic E-state index is -0.450. The van der Waals surface area contributed by atoms with Crippen molar-refractivity contribution in [3.05, 3.63) is 65.2 Å². The number of benzene rings is 2. The second-order valence-electron chi connectivity index (χ2n) is 4.98. The van der Waals surface area contributed by atoms with E-state index in [1.807, 2.05) is 30.3 Å². The highest BCUT2D eigenvalue weighted by Crippen LogP contribution is 2.37. The lowest BCUT2D eigenvalue weighted by molar-refractivity contribution is -0.110. The van der Waals surface area contributed by atoms with Crippen LogP contribution in [0.1, 0.15) is 21.5 Å². The molecule has 0 radical (unpaired) electrons. The molecule has 0 saturated carbocycles. The third kappa shape index (κ3) is 2.57. The van der Waals surface area contributed by atoms with E-state index in [1.165, 1.54) is 14.2 Å². The van der Waals surface area contributed by atoms with Gasteiger partial charge in [0.2, 0.25) is 0 Å². The van der Waals surface area contributed by atoms with Crippen LogP contribution in [0.5, 0.6) is 0 Å². The Labute approximate surface area is 133 Å². The summed E-state index contributed by atoms with van der Waals surface area (Å²) in [5, 5.41) is 2.77. The fraction of sp³-hybridized carbons (Fsp3) is 0.111. The summed E-state index contributed by atoms with van der Waals surface area (Å²) in [6, 6.07) is 14.4. The molecular weight excluding hydrogens is 294 g/mol. The van der Waals surface area contributed by atoms with E-state index in [1.54, 1.807) is 18.2 Å². The fourth-order valence-corrected chi connectivity index (χ4v) is 2.60. The first-order valence-electron chi connectivity index (χ1n) is 7.03. The van der Waals surface area contributed by atoms with Gasteiger partial charge in [0, 0.05) is 11.1 Å². The van der Waals surface area contributed by atoms with Crippen LogP contribution in [0.3, 0.4) is 0 Å². The van der Waals surface area contributed by atoms with E-state index in [0.717, 1.165) is 5.56 Å². The predicted octanol–water partition coefficient (Wildman–Crippen LogP) is 2.94. The van der Waals surface area contributed by atoms with Crippen LogP contribution in [0.25, 0.3) is 11.3 Å². The Hall–Kier alpha value is -3.08. The van der Waals surface area contributed by atoms with Gasteiger partial charge in [-0.25, -0.2) is 4.79 Å². The summed E-state index contributed by atoms with van der Waals surface area (Å²) in [6.07, 6.45) is 0. The fourth-order valence-electron chi connectivity index (χ4n) is 2.60. The zero-order chi connectivity index (χ0) is 16.4. The number of ether oxygens (including phenoxy) is 2. The van der Waals surface area contributed by atoms with Crippen LogP contribution >= 0.6 is 0 Å². The number of methoxy groups -OCH3 is 2. The van der Waals surface area contributed by atoms with Crippen molar-refractivity contribution in [2.45, 2.75) is 0 Å². The van der Waals surface area contributed by atoms with Gasteiger partial charge in [-0.15, -0.1) is 0 Å². The van der Waals surface area contributed by atoms with Crippen LogP contribution in [0.4, 0.5) is 5.69 Å². The Morgan fingerprint density at radius 2 is 1.70 bits per heavy atom. The summed E-state index contributed by atoms with van der Waals surface area (Å²) in [7, 11) is 2.85. The van der Waals surface area contributed by atoms with Crippen LogP contribution < -0.4 is 5.32 Å². The number of hydrogen-bond donors (Lipinski definition) is 1. The predicted molar refractivity (Wildman–Crippen MR) is 86.7 cm³/mol. The van der Waals surface area contributed by atoms with Crippen molar-refractivity contribution in [2.75, 3.05) is 19.5 Å². The first-order chi connectivity index (χ1) is 11.2. The summed E-state index contributed by atoms with van der Waals surface area (Å²) in [5.41, 5.74) is 2.91. The quantitative estimate of drug-likeness (QED) is 0.538. The number of nitrogens with one attached hydrogen (secondary N) is 1. The number of hydrogen-bond acceptors (Lipinski definition) is 4. The molecule has 0 spiro atoms. The van der Waals surface area contributed by atoms with Gasteiger partial charge in [0.25, 0.3) is 5.91 Å². The minimum Gasteiger partial charge on any atom is -0.495 e. The number of fused-ring (bicyclic) bond motifs is 1. The molecule has 2 aromatic rings. The van der Waals surface area contributed by atoms with Gasteiger partial charge in [-0.2, -0.15) is 0 Å². The van der Waals surface area contributed by atoms with Crippen molar-refractivity contribution in [3.8, 4) is 0 Å². The molecule has 0 aliphatic carbocycles. The Morgan fingerprint density at radius 3 is 2.35 bits per heavy atom. The van der Waals surface area contributed by atoms with E-state index < -0.39 is 5.97 Å². The van der Waals surface area contributed by atoms with Crippen LogP contribution in [0, 0.1) is 0 Å². The molecule has 0 fully saturated rings. The van der Waals surface area contributed by atoms with Gasteiger partial charge in [0.1, 0.15) is 5.76 Å². The van der Waals surface area contributed by atoms with Gasteiger partial charge in [-0.05, 0) is 12.1 Å². The van der Waals surface area contributed by atoms with Gasteiger partial charge in [-0.3, -0.25) is 4.79 Å². The standard InChI is InChI=1S/C18H15NO4/c1-22-16(11-6-4-3-5-7-11)15-13-9-8-12(18(21)23-2)10-14(13)19-17(15)20/h3-10H,1-2H3,(H,19,20). The molecule has 0 bridgehead atoms. The van der Waals surface area contributed by atoms with Crippen molar-refractivity contribution in [1.82, 2.24) is 0 Å². The Kier molecular flexibility index (Phi) is 3.85. The second-order valence-corrected chi connectivity index (χ2v) is 4.98. The van der Waals surface area contributed by atoms with E-state index >= 15 is 0 Å². The maximum absolute atomic E-state index is 12.4. The molecule has 0 saturated heterocycles. The number of carbonyl (C=O) groups excluding carboxylic acids is 2. The smallest absolute Gasteiger partial charge is 0.337 e. The first-order valence-corrected chi connectivity index (χ1v) is 7.03. The molecule has 5 heteroatoms. The van der Waals surface area contributed by atoms with Crippen LogP contribution in [0.2, 0.25) is 0 Å². The molecule has 3 rings (SSSR count). The molecule has 1 aliphatic heterocycles. The highest BCUT2D eigenvalue weighted by molar-refractivity contribution is 6.36. The van der Waals surface area contributed by atoms with E-state index in [2.05, 4.69) is 5.32 Å². The number of amides is 1. The molecule has 23 heavy (non-hydrogen) atoms. The van der Waals surface area contributed by atoms with Gasteiger partial charge in [0.15, 0.2) is 0 Å². The minimum absolute atomic E-state index is 0.261. The molecule has 1 aliphatic rings. The average molecular weight is 309 g/mol. The highest BCUT2D eigenvalue weighted by Gasteiger charge is 2.29. The molecule has 2 aromatic carbocycles. The Balaban J connectivity index is 2.15. The summed E-state index contributed by atoms with van der Waals surface area (Å²) in [5.74, 6) is -0.218. The molecule has 0 unspecified atom stereocenters. The molecule has 116 valence electrons. The van der Waals surface area contributed by atoms with Gasteiger partial charge < -0.3 is 14.8 Å². The van der Waals surface area contributed by atoms with Crippen LogP contribution in [-0.2, 0) is 14.3 Å². The van der Waals surface area contributed by atoms with Gasteiger partial charge in [0.05, 0.1) is 31.0 Å². The lowest BCUT2D eigenvalue weighted by Crippen LogP contribution is -2.07. The SMILES string of the molecule is COC(=O)c1ccc2c(c1)NC(=O)C2=C(OC)c1ccccc1.